The van der Waals surface area contributed by atoms with Crippen LogP contribution >= 0.6 is 0 Å². The zero-order valence-corrected chi connectivity index (χ0v) is 21.8. The molecule has 0 heterocycles. The van der Waals surface area contributed by atoms with Gasteiger partial charge in [-0.2, -0.15) is 0 Å². The first kappa shape index (κ1) is 21.9. The van der Waals surface area contributed by atoms with Crippen molar-refractivity contribution in [3.8, 4) is 5.75 Å². The maximum absolute atomic E-state index is 6.71. The van der Waals surface area contributed by atoms with E-state index in [1.807, 2.05) is 0 Å². The fourth-order valence-electron chi connectivity index (χ4n) is 4.66. The van der Waals surface area contributed by atoms with Gasteiger partial charge in [-0.05, 0) is 45.6 Å². The Bertz CT molecular complexity index is 1120. The number of aryl methyl sites for hydroxylation is 1. The van der Waals surface area contributed by atoms with Crippen LogP contribution in [0.15, 0.2) is 66.7 Å². The molecule has 0 saturated heterocycles. The highest BCUT2D eigenvalue weighted by molar-refractivity contribution is 7.02. The largest absolute Gasteiger partial charge is 0.489 e. The van der Waals surface area contributed by atoms with Gasteiger partial charge in [0.1, 0.15) is 20.4 Å². The minimum atomic E-state index is -1.99. The van der Waals surface area contributed by atoms with Crippen molar-refractivity contribution in [3.63, 3.8) is 0 Å². The molecule has 0 amide bonds. The molecule has 0 bridgehead atoms. The van der Waals surface area contributed by atoms with Gasteiger partial charge in [0.05, 0.1) is 8.07 Å². The Morgan fingerprint density at radius 3 is 2.23 bits per heavy atom. The predicted molar refractivity (Wildman–Crippen MR) is 141 cm³/mol. The Morgan fingerprint density at radius 1 is 0.806 bits per heavy atom. The summed E-state index contributed by atoms with van der Waals surface area (Å²) in [5.74, 6) is 1.16. The lowest BCUT2D eigenvalue weighted by atomic mass is 10.1. The van der Waals surface area contributed by atoms with Crippen LogP contribution in [0.1, 0.15) is 22.3 Å². The number of allylic oxidation sites excluding steroid dienone is 1. The van der Waals surface area contributed by atoms with E-state index in [9.17, 15) is 0 Å². The second kappa shape index (κ2) is 8.29. The van der Waals surface area contributed by atoms with Gasteiger partial charge >= 0.3 is 0 Å². The van der Waals surface area contributed by atoms with E-state index < -0.39 is 16.1 Å². The first-order valence-electron chi connectivity index (χ1n) is 11.3. The van der Waals surface area contributed by atoms with Crippen LogP contribution in [-0.2, 0) is 13.0 Å². The van der Waals surface area contributed by atoms with Crippen molar-refractivity contribution < 1.29 is 4.74 Å². The Balaban J connectivity index is 1.87. The number of hydrogen-bond donors (Lipinski definition) is 0. The highest BCUT2D eigenvalue weighted by Crippen LogP contribution is 2.24. The molecule has 31 heavy (non-hydrogen) atoms. The molecule has 0 unspecified atom stereocenters. The smallest absolute Gasteiger partial charge is 0.118 e. The van der Waals surface area contributed by atoms with Crippen LogP contribution in [0.25, 0.3) is 6.08 Å². The average molecular weight is 443 g/mol. The molecule has 3 aromatic rings. The van der Waals surface area contributed by atoms with E-state index in [2.05, 4.69) is 112 Å². The zero-order valence-electron chi connectivity index (χ0n) is 19.8. The first-order valence-corrected chi connectivity index (χ1v) is 17.8. The summed E-state index contributed by atoms with van der Waals surface area (Å²) in [5.41, 5.74) is 5.48. The number of benzene rings is 3. The van der Waals surface area contributed by atoms with Gasteiger partial charge < -0.3 is 4.74 Å². The molecule has 3 aromatic carbocycles. The van der Waals surface area contributed by atoms with Crippen LogP contribution in [-0.4, -0.2) is 16.1 Å². The second-order valence-corrected chi connectivity index (χ2v) is 19.7. The first-order chi connectivity index (χ1) is 14.7. The van der Waals surface area contributed by atoms with Crippen LogP contribution in [0.2, 0.25) is 32.7 Å². The summed E-state index contributed by atoms with van der Waals surface area (Å²) in [5, 5.41) is 4.41. The maximum atomic E-state index is 6.71. The van der Waals surface area contributed by atoms with E-state index >= 15 is 0 Å². The normalized spacial score (nSPS) is 13.4. The summed E-state index contributed by atoms with van der Waals surface area (Å²) in [6, 6.07) is 22.2. The molecule has 0 radical (unpaired) electrons. The lowest BCUT2D eigenvalue weighted by Gasteiger charge is -2.32. The molecule has 1 aliphatic carbocycles. The van der Waals surface area contributed by atoms with Crippen LogP contribution in [0.4, 0.5) is 0 Å². The molecular weight excluding hydrogens is 408 g/mol. The Morgan fingerprint density at radius 2 is 1.52 bits per heavy atom. The molecule has 0 saturated carbocycles. The van der Waals surface area contributed by atoms with Crippen molar-refractivity contribution in [2.24, 2.45) is 0 Å². The Hall–Kier alpha value is -2.37. The van der Waals surface area contributed by atoms with Gasteiger partial charge in [0.2, 0.25) is 0 Å². The minimum absolute atomic E-state index is 0.617. The maximum Gasteiger partial charge on any atom is 0.118 e. The SMILES string of the molecule is Cc1cc([Si](C)(C)C)c(OCc2ccccc2)c([Si](C)(C)c2cccc3c2C=CC3)c1. The van der Waals surface area contributed by atoms with Crippen LogP contribution < -0.4 is 20.3 Å². The lowest BCUT2D eigenvalue weighted by Crippen LogP contribution is -2.56. The fraction of sp³-hybridized carbons (Fsp3) is 0.286. The van der Waals surface area contributed by atoms with Gasteiger partial charge in [0.15, 0.2) is 0 Å². The molecule has 3 heteroatoms. The third kappa shape index (κ3) is 4.35. The molecule has 4 rings (SSSR count). The monoisotopic (exact) mass is 442 g/mol. The Labute approximate surface area is 189 Å². The van der Waals surface area contributed by atoms with Crippen LogP contribution in [0.5, 0.6) is 5.75 Å². The molecule has 0 atom stereocenters. The van der Waals surface area contributed by atoms with Gasteiger partial charge in [0.25, 0.3) is 0 Å². The number of ether oxygens (including phenoxy) is 1. The van der Waals surface area contributed by atoms with E-state index in [0.717, 1.165) is 12.2 Å². The predicted octanol–water partition coefficient (Wildman–Crippen LogP) is 5.51. The molecule has 1 nitrogen and oxygen atoms in total. The molecule has 0 aliphatic heterocycles. The van der Waals surface area contributed by atoms with Gasteiger partial charge in [-0.15, -0.1) is 0 Å². The van der Waals surface area contributed by atoms with Crippen molar-refractivity contribution in [1.29, 1.82) is 0 Å². The second-order valence-electron chi connectivity index (χ2n) is 10.3. The van der Waals surface area contributed by atoms with Crippen molar-refractivity contribution in [2.75, 3.05) is 0 Å². The Kier molecular flexibility index (Phi) is 5.84. The summed E-state index contributed by atoms with van der Waals surface area (Å²) in [4.78, 5) is 0. The third-order valence-electron chi connectivity index (χ3n) is 6.43. The quantitative estimate of drug-likeness (QED) is 0.457. The number of fused-ring (bicyclic) bond motifs is 1. The van der Waals surface area contributed by atoms with Crippen LogP contribution in [0.3, 0.4) is 0 Å². The van der Waals surface area contributed by atoms with Crippen molar-refractivity contribution in [1.82, 2.24) is 0 Å². The molecule has 0 aromatic heterocycles. The fourth-order valence-corrected chi connectivity index (χ4v) is 9.42. The van der Waals surface area contributed by atoms with Crippen molar-refractivity contribution >= 4 is 37.8 Å². The summed E-state index contributed by atoms with van der Waals surface area (Å²) in [7, 11) is -3.59. The zero-order chi connectivity index (χ0) is 22.2. The molecular formula is C28H34OSi2. The number of hydrogen-bond acceptors (Lipinski definition) is 1. The molecule has 0 fully saturated rings. The topological polar surface area (TPSA) is 9.23 Å². The summed E-state index contributed by atoms with van der Waals surface area (Å²) in [6.45, 7) is 15.1. The van der Waals surface area contributed by atoms with Gasteiger partial charge in [0, 0.05) is 0 Å². The van der Waals surface area contributed by atoms with Gasteiger partial charge in [-0.25, -0.2) is 0 Å². The molecule has 0 N–H and O–H groups in total. The standard InChI is InChI=1S/C28H34OSi2/c1-21-18-26(30(2,3)4)28(29-20-22-12-8-7-9-13-22)27(19-21)31(5,6)25-17-11-15-23-14-10-16-24(23)25/h7-13,15-19H,14,20H2,1-6H3. The van der Waals surface area contributed by atoms with E-state index in [0.29, 0.717) is 6.61 Å². The summed E-state index contributed by atoms with van der Waals surface area (Å²) >= 11 is 0. The highest BCUT2D eigenvalue weighted by Gasteiger charge is 2.35. The lowest BCUT2D eigenvalue weighted by molar-refractivity contribution is 0.311. The highest BCUT2D eigenvalue weighted by atomic mass is 28.3. The van der Waals surface area contributed by atoms with Crippen molar-refractivity contribution in [2.45, 2.75) is 52.7 Å². The van der Waals surface area contributed by atoms with Gasteiger partial charge in [-0.1, -0.05) is 111 Å². The summed E-state index contributed by atoms with van der Waals surface area (Å²) in [6.07, 6.45) is 5.69. The van der Waals surface area contributed by atoms with E-state index in [4.69, 9.17) is 4.74 Å². The van der Waals surface area contributed by atoms with Gasteiger partial charge in [-0.3, -0.25) is 0 Å². The molecule has 1 aliphatic rings. The van der Waals surface area contributed by atoms with Crippen molar-refractivity contribution in [3.05, 3.63) is 89.0 Å². The molecule has 0 spiro atoms. The minimum Gasteiger partial charge on any atom is -0.489 e. The number of rotatable bonds is 6. The van der Waals surface area contributed by atoms with Crippen LogP contribution in [0, 0.1) is 6.92 Å². The third-order valence-corrected chi connectivity index (χ3v) is 11.9. The average Bonchev–Trinajstić information content (AvgIpc) is 3.21. The van der Waals surface area contributed by atoms with E-state index in [1.165, 1.54) is 37.8 Å². The van der Waals surface area contributed by atoms with E-state index in [1.54, 1.807) is 0 Å². The summed E-state index contributed by atoms with van der Waals surface area (Å²) < 4.78 is 6.71. The molecule has 160 valence electrons. The van der Waals surface area contributed by atoms with E-state index in [-0.39, 0.29) is 0 Å².